The molecule has 2 N–H and O–H groups in total. The molecule has 1 aliphatic rings. The van der Waals surface area contributed by atoms with Crippen LogP contribution in [0.3, 0.4) is 0 Å². The Hall–Kier alpha value is -1.35. The summed E-state index contributed by atoms with van der Waals surface area (Å²) in [5.74, 6) is 1.95. The van der Waals surface area contributed by atoms with Crippen molar-refractivity contribution in [2.45, 2.75) is 39.0 Å². The van der Waals surface area contributed by atoms with E-state index in [0.29, 0.717) is 12.5 Å². The fourth-order valence-corrected chi connectivity index (χ4v) is 2.71. The van der Waals surface area contributed by atoms with Crippen LogP contribution in [-0.4, -0.2) is 16.1 Å². The minimum absolute atomic E-state index is 0.155. The molecule has 0 bridgehead atoms. The van der Waals surface area contributed by atoms with Crippen LogP contribution in [0.4, 0.5) is 0 Å². The molecule has 0 unspecified atom stereocenters. The molecule has 0 amide bonds. The lowest BCUT2D eigenvalue weighted by atomic mass is 9.86. The standard InChI is InChI=1S/C16H23N3/c1-16(2,10-17)9-11-4-7-14-13(8-11)18-15(19(14)3)12-5-6-12/h4,7-8,12H,5-6,9-10,17H2,1-3H3. The van der Waals surface area contributed by atoms with Crippen molar-refractivity contribution in [3.05, 3.63) is 29.6 Å². The van der Waals surface area contributed by atoms with Crippen LogP contribution in [0.25, 0.3) is 11.0 Å². The first kappa shape index (κ1) is 12.7. The van der Waals surface area contributed by atoms with Crippen molar-refractivity contribution in [3.8, 4) is 0 Å². The highest BCUT2D eigenvalue weighted by molar-refractivity contribution is 5.77. The van der Waals surface area contributed by atoms with E-state index in [4.69, 9.17) is 10.7 Å². The third-order valence-electron chi connectivity index (χ3n) is 4.16. The third kappa shape index (κ3) is 2.39. The van der Waals surface area contributed by atoms with E-state index in [-0.39, 0.29) is 5.41 Å². The summed E-state index contributed by atoms with van der Waals surface area (Å²) >= 11 is 0. The van der Waals surface area contributed by atoms with Crippen LogP contribution in [0.15, 0.2) is 18.2 Å². The molecular weight excluding hydrogens is 234 g/mol. The maximum atomic E-state index is 5.82. The SMILES string of the molecule is Cn1c(C2CC2)nc2cc(CC(C)(C)CN)ccc21. The van der Waals surface area contributed by atoms with Crippen molar-refractivity contribution < 1.29 is 0 Å². The second-order valence-corrected chi connectivity index (χ2v) is 6.67. The molecule has 1 aromatic heterocycles. The molecule has 0 spiro atoms. The van der Waals surface area contributed by atoms with Gasteiger partial charge in [0.25, 0.3) is 0 Å². The van der Waals surface area contributed by atoms with Crippen molar-refractivity contribution in [2.24, 2.45) is 18.2 Å². The van der Waals surface area contributed by atoms with Gasteiger partial charge in [-0.1, -0.05) is 19.9 Å². The zero-order valence-electron chi connectivity index (χ0n) is 12.1. The Balaban J connectivity index is 1.97. The molecule has 0 saturated heterocycles. The molecule has 3 nitrogen and oxygen atoms in total. The van der Waals surface area contributed by atoms with Crippen LogP contribution in [-0.2, 0) is 13.5 Å². The Morgan fingerprint density at radius 1 is 1.37 bits per heavy atom. The lowest BCUT2D eigenvalue weighted by Crippen LogP contribution is -2.25. The van der Waals surface area contributed by atoms with E-state index in [1.807, 2.05) is 0 Å². The number of hydrogen-bond acceptors (Lipinski definition) is 2. The Morgan fingerprint density at radius 3 is 2.74 bits per heavy atom. The smallest absolute Gasteiger partial charge is 0.112 e. The van der Waals surface area contributed by atoms with Crippen LogP contribution in [0.5, 0.6) is 0 Å². The maximum absolute atomic E-state index is 5.82. The largest absolute Gasteiger partial charge is 0.331 e. The van der Waals surface area contributed by atoms with E-state index < -0.39 is 0 Å². The maximum Gasteiger partial charge on any atom is 0.112 e. The first-order valence-corrected chi connectivity index (χ1v) is 7.15. The molecule has 1 aromatic carbocycles. The highest BCUT2D eigenvalue weighted by Crippen LogP contribution is 2.40. The fraction of sp³-hybridized carbons (Fsp3) is 0.562. The zero-order chi connectivity index (χ0) is 13.6. The van der Waals surface area contributed by atoms with E-state index in [9.17, 15) is 0 Å². The minimum Gasteiger partial charge on any atom is -0.331 e. The number of imidazole rings is 1. The van der Waals surface area contributed by atoms with Crippen molar-refractivity contribution >= 4 is 11.0 Å². The van der Waals surface area contributed by atoms with Crippen LogP contribution < -0.4 is 5.73 Å². The second-order valence-electron chi connectivity index (χ2n) is 6.67. The number of nitrogens with two attached hydrogens (primary N) is 1. The molecule has 3 rings (SSSR count). The molecule has 1 aliphatic carbocycles. The quantitative estimate of drug-likeness (QED) is 0.915. The molecule has 102 valence electrons. The molecule has 0 radical (unpaired) electrons. The number of fused-ring (bicyclic) bond motifs is 1. The molecular formula is C16H23N3. The van der Waals surface area contributed by atoms with Gasteiger partial charge in [0.1, 0.15) is 5.82 Å². The summed E-state index contributed by atoms with van der Waals surface area (Å²) in [5.41, 5.74) is 9.69. The summed E-state index contributed by atoms with van der Waals surface area (Å²) in [6.45, 7) is 5.14. The molecule has 0 atom stereocenters. The van der Waals surface area contributed by atoms with Gasteiger partial charge in [0, 0.05) is 13.0 Å². The van der Waals surface area contributed by atoms with Gasteiger partial charge < -0.3 is 10.3 Å². The lowest BCUT2D eigenvalue weighted by molar-refractivity contribution is 0.377. The van der Waals surface area contributed by atoms with Crippen LogP contribution in [0.1, 0.15) is 44.0 Å². The topological polar surface area (TPSA) is 43.8 Å². The van der Waals surface area contributed by atoms with Crippen molar-refractivity contribution in [3.63, 3.8) is 0 Å². The summed E-state index contributed by atoms with van der Waals surface area (Å²) in [7, 11) is 2.13. The molecule has 3 heteroatoms. The van der Waals surface area contributed by atoms with Gasteiger partial charge in [0.2, 0.25) is 0 Å². The van der Waals surface area contributed by atoms with E-state index in [2.05, 4.69) is 43.7 Å². The Bertz CT molecular complexity index is 606. The second kappa shape index (κ2) is 4.34. The Labute approximate surface area is 114 Å². The Kier molecular flexibility index (Phi) is 2.90. The first-order chi connectivity index (χ1) is 9.00. The summed E-state index contributed by atoms with van der Waals surface area (Å²) < 4.78 is 2.25. The average molecular weight is 257 g/mol. The number of hydrogen-bond donors (Lipinski definition) is 1. The third-order valence-corrected chi connectivity index (χ3v) is 4.16. The predicted octanol–water partition coefficient (Wildman–Crippen LogP) is 2.98. The number of rotatable bonds is 4. The summed E-state index contributed by atoms with van der Waals surface area (Å²) in [4.78, 5) is 4.82. The number of aromatic nitrogens is 2. The van der Waals surface area contributed by atoms with Crippen molar-refractivity contribution in [1.29, 1.82) is 0 Å². The average Bonchev–Trinajstić information content (AvgIpc) is 3.15. The summed E-state index contributed by atoms with van der Waals surface area (Å²) in [6, 6.07) is 6.66. The number of benzene rings is 1. The highest BCUT2D eigenvalue weighted by Gasteiger charge is 2.28. The molecule has 1 fully saturated rings. The highest BCUT2D eigenvalue weighted by atomic mass is 15.1. The van der Waals surface area contributed by atoms with E-state index in [1.54, 1.807) is 0 Å². The fourth-order valence-electron chi connectivity index (χ4n) is 2.71. The minimum atomic E-state index is 0.155. The van der Waals surface area contributed by atoms with Crippen LogP contribution >= 0.6 is 0 Å². The number of aryl methyl sites for hydroxylation is 1. The van der Waals surface area contributed by atoms with Gasteiger partial charge in [-0.05, 0) is 48.9 Å². The lowest BCUT2D eigenvalue weighted by Gasteiger charge is -2.22. The van der Waals surface area contributed by atoms with Crippen molar-refractivity contribution in [2.75, 3.05) is 6.54 Å². The Morgan fingerprint density at radius 2 is 2.11 bits per heavy atom. The molecule has 1 saturated carbocycles. The molecule has 19 heavy (non-hydrogen) atoms. The summed E-state index contributed by atoms with van der Waals surface area (Å²) in [6.07, 6.45) is 3.60. The van der Waals surface area contributed by atoms with Gasteiger partial charge >= 0.3 is 0 Å². The van der Waals surface area contributed by atoms with Crippen LogP contribution in [0, 0.1) is 5.41 Å². The molecule has 1 heterocycles. The molecule has 0 aliphatic heterocycles. The van der Waals surface area contributed by atoms with Gasteiger partial charge in [-0.15, -0.1) is 0 Å². The van der Waals surface area contributed by atoms with Gasteiger partial charge in [-0.2, -0.15) is 0 Å². The van der Waals surface area contributed by atoms with E-state index in [0.717, 1.165) is 11.9 Å². The van der Waals surface area contributed by atoms with Crippen LogP contribution in [0.2, 0.25) is 0 Å². The predicted molar refractivity (Wildman–Crippen MR) is 79.2 cm³/mol. The first-order valence-electron chi connectivity index (χ1n) is 7.15. The van der Waals surface area contributed by atoms with Crippen molar-refractivity contribution in [1.82, 2.24) is 9.55 Å². The van der Waals surface area contributed by atoms with Gasteiger partial charge in [0.05, 0.1) is 11.0 Å². The zero-order valence-corrected chi connectivity index (χ0v) is 12.1. The molecule has 2 aromatic rings. The van der Waals surface area contributed by atoms with E-state index in [1.165, 1.54) is 29.7 Å². The van der Waals surface area contributed by atoms with Gasteiger partial charge in [0.15, 0.2) is 0 Å². The summed E-state index contributed by atoms with van der Waals surface area (Å²) in [5, 5.41) is 0. The number of nitrogens with zero attached hydrogens (tertiary/aromatic N) is 2. The monoisotopic (exact) mass is 257 g/mol. The normalized spacial score (nSPS) is 16.2. The van der Waals surface area contributed by atoms with E-state index >= 15 is 0 Å². The van der Waals surface area contributed by atoms with Gasteiger partial charge in [-0.3, -0.25) is 0 Å². The van der Waals surface area contributed by atoms with Gasteiger partial charge in [-0.25, -0.2) is 4.98 Å².